The predicted octanol–water partition coefficient (Wildman–Crippen LogP) is 1.93. The second-order valence-corrected chi connectivity index (χ2v) is 9.80. The van der Waals surface area contributed by atoms with Gasteiger partial charge in [0.25, 0.3) is 5.66 Å². The van der Waals surface area contributed by atoms with Crippen molar-refractivity contribution in [3.63, 3.8) is 0 Å². The molecule has 2 aliphatic rings. The third kappa shape index (κ3) is 7.27. The Hall–Kier alpha value is -1.93. The number of aliphatic hydroxyl groups is 1. The number of hydrogen-bond donors (Lipinski definition) is 5. The van der Waals surface area contributed by atoms with Crippen molar-refractivity contribution in [2.75, 3.05) is 39.3 Å². The number of likely N-dealkylation sites (tertiary alicyclic amines) is 2. The van der Waals surface area contributed by atoms with Gasteiger partial charge in [-0.15, -0.1) is 0 Å². The maximum absolute atomic E-state index is 13.4. The van der Waals surface area contributed by atoms with Gasteiger partial charge in [-0.3, -0.25) is 4.90 Å². The van der Waals surface area contributed by atoms with Gasteiger partial charge in [0.1, 0.15) is 5.75 Å². The average Bonchev–Trinajstić information content (AvgIpc) is 3.16. The van der Waals surface area contributed by atoms with Gasteiger partial charge in [-0.05, 0) is 56.5 Å². The summed E-state index contributed by atoms with van der Waals surface area (Å²) in [5.41, 5.74) is 10.1. The predicted molar refractivity (Wildman–Crippen MR) is 130 cm³/mol. The number of nitrogens with zero attached hydrogens (tertiary/aromatic N) is 2. The Bertz CT molecular complexity index is 890. The van der Waals surface area contributed by atoms with Crippen LogP contribution >= 0.6 is 9.24 Å². The van der Waals surface area contributed by atoms with Crippen LogP contribution in [0.4, 0.5) is 8.78 Å². The number of β-amino-alcohol motifs (C(OH)–C–C–N with tert-alkyl or cyclic N) is 1. The molecule has 2 heterocycles. The van der Waals surface area contributed by atoms with Gasteiger partial charge in [-0.1, -0.05) is 15.3 Å². The number of nitrogens with one attached hydrogen (secondary N) is 1. The average molecular weight is 484 g/mol. The Morgan fingerprint density at radius 1 is 1.21 bits per heavy atom. The lowest BCUT2D eigenvalue weighted by atomic mass is 10.0. The molecule has 7 N–H and O–H groups in total. The number of piperidine rings is 1. The van der Waals surface area contributed by atoms with Crippen molar-refractivity contribution >= 4 is 14.9 Å². The van der Waals surface area contributed by atoms with Crippen LogP contribution < -0.4 is 16.8 Å². The molecule has 2 aliphatic heterocycles. The normalized spacial score (nSPS) is 24.1. The number of halogens is 2. The van der Waals surface area contributed by atoms with E-state index in [1.54, 1.807) is 13.0 Å². The Balaban J connectivity index is 1.58. The fourth-order valence-corrected chi connectivity index (χ4v) is 4.62. The molecular formula is C23H36F2N5O2P. The van der Waals surface area contributed by atoms with Gasteiger partial charge in [0, 0.05) is 55.6 Å². The van der Waals surface area contributed by atoms with Crippen LogP contribution in [0, 0.1) is 0 Å². The van der Waals surface area contributed by atoms with Crippen molar-refractivity contribution in [1.82, 2.24) is 15.1 Å². The van der Waals surface area contributed by atoms with E-state index in [0.717, 1.165) is 64.6 Å². The summed E-state index contributed by atoms with van der Waals surface area (Å²) >= 11 is 0. The number of phenolic OH excluding ortho intramolecular Hbond substituents is 1. The summed E-state index contributed by atoms with van der Waals surface area (Å²) in [4.78, 5) is 4.72. The smallest absolute Gasteiger partial charge is 0.284 e. The first-order valence-corrected chi connectivity index (χ1v) is 11.9. The first-order chi connectivity index (χ1) is 15.5. The van der Waals surface area contributed by atoms with E-state index < -0.39 is 5.66 Å². The summed E-state index contributed by atoms with van der Waals surface area (Å²) in [5.74, 6) is 0.164. The van der Waals surface area contributed by atoms with E-state index in [4.69, 9.17) is 11.5 Å². The van der Waals surface area contributed by atoms with Gasteiger partial charge in [0.2, 0.25) is 0 Å². The second-order valence-electron chi connectivity index (χ2n) is 9.08. The molecule has 0 bridgehead atoms. The number of alkyl halides is 2. The summed E-state index contributed by atoms with van der Waals surface area (Å²) in [5, 5.41) is 23.2. The molecule has 2 fully saturated rings. The van der Waals surface area contributed by atoms with Crippen molar-refractivity contribution in [2.45, 2.75) is 44.0 Å². The number of hydrogen-bond acceptors (Lipinski definition) is 7. The highest BCUT2D eigenvalue weighted by atomic mass is 31.0. The van der Waals surface area contributed by atoms with Crippen LogP contribution in [0.3, 0.4) is 0 Å². The molecule has 1 aromatic carbocycles. The molecule has 0 spiro atoms. The molecule has 33 heavy (non-hydrogen) atoms. The van der Waals surface area contributed by atoms with Crippen LogP contribution in [-0.2, 0) is 5.66 Å². The lowest BCUT2D eigenvalue weighted by molar-refractivity contribution is 0.103. The first-order valence-electron chi connectivity index (χ1n) is 11.4. The van der Waals surface area contributed by atoms with Gasteiger partial charge in [-0.25, -0.2) is 0 Å². The largest absolute Gasteiger partial charge is 0.507 e. The number of aliphatic hydroxyl groups excluding tert-OH is 1. The topological polar surface area (TPSA) is 111 Å². The summed E-state index contributed by atoms with van der Waals surface area (Å²) in [6.07, 6.45) is 4.45. The zero-order chi connectivity index (χ0) is 24.2. The molecule has 0 aromatic heterocycles. The fourth-order valence-electron chi connectivity index (χ4n) is 4.44. The monoisotopic (exact) mass is 483 g/mol. The first kappa shape index (κ1) is 25.7. The second kappa shape index (κ2) is 11.0. The molecule has 0 saturated carbocycles. The highest BCUT2D eigenvalue weighted by Gasteiger charge is 2.26. The zero-order valence-corrected chi connectivity index (χ0v) is 20.3. The van der Waals surface area contributed by atoms with Crippen LogP contribution in [0.25, 0.3) is 5.70 Å². The van der Waals surface area contributed by atoms with E-state index in [1.165, 1.54) is 21.4 Å². The standard InChI is InChI=1S/C23H36F2N5O2P/c1-15(22(27)19-5-4-16(12-20(19)32)23(24,25)33)11-21(26)28-17-3-2-7-29(13-17)9-10-30-8-6-18(31)14-30/h4-5,11-12,17-18,28,31-32H,2-3,6-10,13-14,26-27,33H2,1H3/b21-11+,22-15-. The van der Waals surface area contributed by atoms with Crippen LogP contribution in [0.15, 0.2) is 35.7 Å². The molecule has 0 aliphatic carbocycles. The molecule has 10 heteroatoms. The summed E-state index contributed by atoms with van der Waals surface area (Å²) < 4.78 is 26.9. The van der Waals surface area contributed by atoms with Gasteiger partial charge in [-0.2, -0.15) is 8.78 Å². The molecular weight excluding hydrogens is 447 g/mol. The minimum absolute atomic E-state index is 0.194. The van der Waals surface area contributed by atoms with Crippen LogP contribution in [-0.4, -0.2) is 71.4 Å². The number of rotatable bonds is 8. The van der Waals surface area contributed by atoms with E-state index >= 15 is 0 Å². The van der Waals surface area contributed by atoms with E-state index in [9.17, 15) is 19.0 Å². The van der Waals surface area contributed by atoms with Crippen LogP contribution in [0.5, 0.6) is 5.75 Å². The van der Waals surface area contributed by atoms with E-state index in [-0.39, 0.29) is 34.7 Å². The van der Waals surface area contributed by atoms with Crippen molar-refractivity contribution < 1.29 is 19.0 Å². The van der Waals surface area contributed by atoms with Gasteiger partial charge < -0.3 is 31.9 Å². The van der Waals surface area contributed by atoms with Crippen LogP contribution in [0.1, 0.15) is 37.3 Å². The summed E-state index contributed by atoms with van der Waals surface area (Å²) in [7, 11) is 1.45. The third-order valence-corrected chi connectivity index (χ3v) is 6.66. The van der Waals surface area contributed by atoms with E-state index in [0.29, 0.717) is 11.4 Å². The molecule has 7 nitrogen and oxygen atoms in total. The maximum atomic E-state index is 13.4. The number of nitrogens with two attached hydrogens (primary N) is 2. The SMILES string of the molecule is CC(/C=C(\N)NC1CCCN(CCN2CCC(O)C2)C1)=C(/N)c1ccc(C(F)(F)P)cc1O. The number of benzene rings is 1. The Labute approximate surface area is 196 Å². The van der Waals surface area contributed by atoms with Gasteiger partial charge in [0.05, 0.1) is 11.9 Å². The number of phenols is 1. The Morgan fingerprint density at radius 2 is 1.91 bits per heavy atom. The molecule has 2 saturated heterocycles. The third-order valence-electron chi connectivity index (χ3n) is 6.33. The van der Waals surface area contributed by atoms with E-state index in [2.05, 4.69) is 15.1 Å². The Morgan fingerprint density at radius 3 is 2.52 bits per heavy atom. The quantitative estimate of drug-likeness (QED) is 0.284. The lowest BCUT2D eigenvalue weighted by Crippen LogP contribution is -2.48. The lowest BCUT2D eigenvalue weighted by Gasteiger charge is -2.34. The van der Waals surface area contributed by atoms with E-state index in [1.807, 2.05) is 0 Å². The van der Waals surface area contributed by atoms with Crippen molar-refractivity contribution in [3.8, 4) is 5.75 Å². The highest BCUT2D eigenvalue weighted by Crippen LogP contribution is 2.38. The highest BCUT2D eigenvalue weighted by molar-refractivity contribution is 7.17. The summed E-state index contributed by atoms with van der Waals surface area (Å²) in [6.45, 7) is 7.33. The van der Waals surface area contributed by atoms with Crippen molar-refractivity contribution in [3.05, 3.63) is 46.8 Å². The van der Waals surface area contributed by atoms with Crippen LogP contribution in [0.2, 0.25) is 0 Å². The molecule has 0 amide bonds. The Kier molecular flexibility index (Phi) is 8.56. The molecule has 1 aromatic rings. The molecule has 0 radical (unpaired) electrons. The summed E-state index contributed by atoms with van der Waals surface area (Å²) in [6, 6.07) is 3.86. The maximum Gasteiger partial charge on any atom is 0.284 e. The molecule has 3 unspecified atom stereocenters. The fraction of sp³-hybridized carbons (Fsp3) is 0.565. The zero-order valence-electron chi connectivity index (χ0n) is 19.1. The molecule has 3 rings (SSSR count). The number of allylic oxidation sites excluding steroid dienone is 2. The minimum Gasteiger partial charge on any atom is -0.507 e. The molecule has 184 valence electrons. The number of aromatic hydroxyl groups is 1. The minimum atomic E-state index is -3.12. The molecule has 3 atom stereocenters. The van der Waals surface area contributed by atoms with Crippen molar-refractivity contribution in [1.29, 1.82) is 0 Å². The van der Waals surface area contributed by atoms with Gasteiger partial charge >= 0.3 is 0 Å². The van der Waals surface area contributed by atoms with Gasteiger partial charge in [0.15, 0.2) is 0 Å². The van der Waals surface area contributed by atoms with Crippen molar-refractivity contribution in [2.24, 2.45) is 11.5 Å².